The normalized spacial score (nSPS) is 23.7. The summed E-state index contributed by atoms with van der Waals surface area (Å²) in [5, 5.41) is 0. The van der Waals surface area contributed by atoms with Crippen LogP contribution in [0, 0.1) is 5.92 Å². The Bertz CT molecular complexity index is 919. The number of aromatic amines is 1. The molecule has 10 nitrogen and oxygen atoms in total. The summed E-state index contributed by atoms with van der Waals surface area (Å²) in [6, 6.07) is -0.413. The van der Waals surface area contributed by atoms with Crippen molar-refractivity contribution in [1.82, 2.24) is 19.5 Å². The van der Waals surface area contributed by atoms with E-state index in [0.717, 1.165) is 0 Å². The minimum absolute atomic E-state index is 0.0760. The van der Waals surface area contributed by atoms with E-state index in [1.165, 1.54) is 12.4 Å². The maximum Gasteiger partial charge on any atom is 0.469 e. The van der Waals surface area contributed by atoms with Crippen molar-refractivity contribution in [3.8, 4) is 0 Å². The number of H-pyrrole nitrogens is 1. The smallest absolute Gasteiger partial charge is 0.369 e. The summed E-state index contributed by atoms with van der Waals surface area (Å²) in [7, 11) is -4.97. The number of anilines is 1. The third-order valence-corrected chi connectivity index (χ3v) is 3.54. The van der Waals surface area contributed by atoms with Gasteiger partial charge in [0.15, 0.2) is 11.2 Å². The molecule has 1 aliphatic rings. The molecule has 11 heteroatoms. The summed E-state index contributed by atoms with van der Waals surface area (Å²) in [6.07, 6.45) is 4.62. The summed E-state index contributed by atoms with van der Waals surface area (Å²) in [5.74, 6) is -0.972. The third-order valence-electron chi connectivity index (χ3n) is 3.19. The van der Waals surface area contributed by atoms with Gasteiger partial charge < -0.3 is 20.1 Å². The van der Waals surface area contributed by atoms with E-state index in [-0.39, 0.29) is 23.5 Å². The number of nitrogens with two attached hydrogens (primary N) is 1. The van der Waals surface area contributed by atoms with Crippen LogP contribution in [-0.4, -0.2) is 35.9 Å². The fraction of sp³-hybridized carbons (Fsp3) is 0.364. The first-order chi connectivity index (χ1) is 11.1. The van der Waals surface area contributed by atoms with Gasteiger partial charge in [-0.05, 0) is 6.42 Å². The first kappa shape index (κ1) is 12.5. The standard InChI is InChI=1S/C11H14N5O5P/c12-11-14-9-8(10(17)15-11)13-5-16(9)7-2-1-6(3-7)4-21-22(18,19)20/h1-2,5-7H,3-4H2,(H2,18,19,20)(H3,12,14,15,17)/i4D2,5+1. The Kier molecular flexibility index (Phi) is 3.03. The molecule has 0 spiro atoms. The molecular formula is C11H14N5O5P. The number of phosphoric ester groups is 1. The zero-order chi connectivity index (χ0) is 17.7. The quantitative estimate of drug-likeness (QED) is 0.448. The molecular weight excluding hydrogens is 314 g/mol. The second kappa shape index (κ2) is 5.33. The number of phosphoric acid groups is 1. The number of hydrogen-bond acceptors (Lipinski definition) is 6. The van der Waals surface area contributed by atoms with Crippen molar-refractivity contribution in [2.24, 2.45) is 5.92 Å². The molecule has 2 aromatic rings. The van der Waals surface area contributed by atoms with Crippen LogP contribution in [0.15, 0.2) is 23.3 Å². The highest BCUT2D eigenvalue weighted by Gasteiger charge is 2.25. The average molecular weight is 330 g/mol. The number of fused-ring (bicyclic) bond motifs is 1. The van der Waals surface area contributed by atoms with E-state index in [4.69, 9.17) is 18.3 Å². The number of nitrogen functional groups attached to an aromatic ring is 1. The Balaban J connectivity index is 1.88. The van der Waals surface area contributed by atoms with Gasteiger partial charge in [-0.1, -0.05) is 12.2 Å². The van der Waals surface area contributed by atoms with Crippen LogP contribution < -0.4 is 11.3 Å². The van der Waals surface area contributed by atoms with E-state index in [9.17, 15) is 9.36 Å². The van der Waals surface area contributed by atoms with Crippen molar-refractivity contribution in [3.63, 3.8) is 0 Å². The van der Waals surface area contributed by atoms with Gasteiger partial charge in [0.1, 0.15) is 0 Å². The maximum absolute atomic E-state index is 11.8. The molecule has 22 heavy (non-hydrogen) atoms. The zero-order valence-electron chi connectivity index (χ0n) is 13.1. The van der Waals surface area contributed by atoms with Gasteiger partial charge >= 0.3 is 7.82 Å². The molecule has 118 valence electrons. The predicted octanol–water partition coefficient (Wildman–Crippen LogP) is -0.0717. The zero-order valence-corrected chi connectivity index (χ0v) is 12.0. The Morgan fingerprint density at radius 3 is 3.09 bits per heavy atom. The van der Waals surface area contributed by atoms with Crippen LogP contribution in [-0.2, 0) is 9.09 Å². The molecule has 0 amide bonds. The van der Waals surface area contributed by atoms with Crippen LogP contribution in [0.3, 0.4) is 0 Å². The topological polar surface area (TPSA) is 156 Å². The minimum Gasteiger partial charge on any atom is -0.369 e. The fourth-order valence-corrected chi connectivity index (χ4v) is 2.57. The lowest BCUT2D eigenvalue weighted by Crippen LogP contribution is -2.14. The van der Waals surface area contributed by atoms with Crippen LogP contribution in [0.1, 0.15) is 15.2 Å². The Hall–Kier alpha value is -2.00. The molecule has 0 radical (unpaired) electrons. The molecule has 0 fully saturated rings. The van der Waals surface area contributed by atoms with E-state index < -0.39 is 31.9 Å². The molecule has 0 bridgehead atoms. The van der Waals surface area contributed by atoms with Crippen molar-refractivity contribution in [1.29, 1.82) is 0 Å². The first-order valence-corrected chi connectivity index (χ1v) is 7.77. The number of hydrogen-bond donors (Lipinski definition) is 4. The van der Waals surface area contributed by atoms with Crippen molar-refractivity contribution in [2.45, 2.75) is 12.5 Å². The minimum atomic E-state index is -4.97. The second-order valence-electron chi connectivity index (χ2n) is 4.77. The fourth-order valence-electron chi connectivity index (χ4n) is 2.30. The summed E-state index contributed by atoms with van der Waals surface area (Å²) in [4.78, 5) is 39.7. The average Bonchev–Trinajstić information content (AvgIpc) is 3.01. The second-order valence-corrected chi connectivity index (χ2v) is 5.93. The molecule has 2 atom stereocenters. The van der Waals surface area contributed by atoms with Gasteiger partial charge in [0, 0.05) is 5.92 Å². The molecule has 0 aromatic carbocycles. The van der Waals surface area contributed by atoms with E-state index in [0.29, 0.717) is 0 Å². The van der Waals surface area contributed by atoms with Gasteiger partial charge in [-0.3, -0.25) is 14.3 Å². The first-order valence-electron chi connectivity index (χ1n) is 7.24. The van der Waals surface area contributed by atoms with Gasteiger partial charge in [-0.15, -0.1) is 0 Å². The summed E-state index contributed by atoms with van der Waals surface area (Å²) in [5.41, 5.74) is 5.37. The van der Waals surface area contributed by atoms with E-state index in [1.807, 2.05) is 0 Å². The van der Waals surface area contributed by atoms with Crippen LogP contribution in [0.25, 0.3) is 11.2 Å². The van der Waals surface area contributed by atoms with Gasteiger partial charge in [0.05, 0.1) is 21.7 Å². The van der Waals surface area contributed by atoms with Gasteiger partial charge in [0.25, 0.3) is 5.56 Å². The van der Waals surface area contributed by atoms with Crippen molar-refractivity contribution in [2.75, 3.05) is 12.3 Å². The molecule has 2 unspecified atom stereocenters. The lowest BCUT2D eigenvalue weighted by atomic mass is 10.1. The predicted molar refractivity (Wildman–Crippen MR) is 76.8 cm³/mol. The monoisotopic (exact) mass is 330 g/mol. The summed E-state index contributed by atoms with van der Waals surface area (Å²) >= 11 is 0. The van der Waals surface area contributed by atoms with Crippen LogP contribution in [0.5, 0.6) is 0 Å². The van der Waals surface area contributed by atoms with Crippen molar-refractivity contribution < 1.29 is 21.6 Å². The Morgan fingerprint density at radius 1 is 1.59 bits per heavy atom. The molecule has 0 aliphatic heterocycles. The number of imidazole rings is 1. The maximum atomic E-state index is 11.8. The van der Waals surface area contributed by atoms with E-state index in [2.05, 4.69) is 19.5 Å². The largest absolute Gasteiger partial charge is 0.469 e. The van der Waals surface area contributed by atoms with Gasteiger partial charge in [-0.2, -0.15) is 4.98 Å². The lowest BCUT2D eigenvalue weighted by Gasteiger charge is -2.14. The lowest BCUT2D eigenvalue weighted by molar-refractivity contribution is 0.177. The number of aromatic nitrogens is 4. The highest BCUT2D eigenvalue weighted by atomic mass is 31.2. The highest BCUT2D eigenvalue weighted by Crippen LogP contribution is 2.38. The van der Waals surface area contributed by atoms with Gasteiger partial charge in [0.2, 0.25) is 5.95 Å². The molecule has 3 rings (SSSR count). The van der Waals surface area contributed by atoms with E-state index >= 15 is 0 Å². The molecule has 0 saturated carbocycles. The number of allylic oxidation sites excluding steroid dienone is 1. The van der Waals surface area contributed by atoms with Crippen LogP contribution in [0.4, 0.5) is 5.95 Å². The van der Waals surface area contributed by atoms with Gasteiger partial charge in [-0.25, -0.2) is 9.55 Å². The van der Waals surface area contributed by atoms with Crippen LogP contribution >= 0.6 is 7.82 Å². The summed E-state index contributed by atoms with van der Waals surface area (Å²) < 4.78 is 32.1. The SMILES string of the molecule is [2H]C([2H])(OP(=O)(O)O)C1C=CC(n2[13cH]nc3c(=O)[nH]c(N)nc32)C1. The Morgan fingerprint density at radius 2 is 2.36 bits per heavy atom. The molecule has 0 saturated heterocycles. The van der Waals surface area contributed by atoms with Crippen molar-refractivity contribution in [3.05, 3.63) is 28.8 Å². The molecule has 1 aliphatic carbocycles. The Labute approximate surface area is 126 Å². The van der Waals surface area contributed by atoms with Crippen LogP contribution in [0.2, 0.25) is 0 Å². The number of rotatable bonds is 4. The van der Waals surface area contributed by atoms with Crippen molar-refractivity contribution >= 4 is 24.9 Å². The number of nitrogens with zero attached hydrogens (tertiary/aromatic N) is 3. The van der Waals surface area contributed by atoms with E-state index in [1.54, 1.807) is 10.6 Å². The molecule has 5 N–H and O–H groups in total. The third kappa shape index (κ3) is 2.95. The highest BCUT2D eigenvalue weighted by molar-refractivity contribution is 7.46. The number of nitrogens with one attached hydrogen (secondary N) is 1. The molecule has 2 heterocycles. The molecule has 2 aromatic heterocycles. The summed E-state index contributed by atoms with van der Waals surface area (Å²) in [6.45, 7) is -2.55.